The molecule has 0 heterocycles. The molecule has 5 nitrogen and oxygen atoms in total. The van der Waals surface area contributed by atoms with Gasteiger partial charge in [-0.25, -0.2) is 0 Å². The number of rotatable bonds is 10. The maximum atomic E-state index is 6.79. The van der Waals surface area contributed by atoms with Gasteiger partial charge in [0.1, 0.15) is 11.5 Å². The van der Waals surface area contributed by atoms with Crippen LogP contribution in [0.5, 0.6) is 11.5 Å². The van der Waals surface area contributed by atoms with Crippen molar-refractivity contribution in [3.05, 3.63) is 108 Å². The van der Waals surface area contributed by atoms with Gasteiger partial charge in [0.2, 0.25) is 0 Å². The van der Waals surface area contributed by atoms with Crippen molar-refractivity contribution in [1.29, 1.82) is 0 Å². The van der Waals surface area contributed by atoms with E-state index in [0.717, 1.165) is 45.4 Å². The average Bonchev–Trinajstić information content (AvgIpc) is 2.87. The Morgan fingerprint density at radius 1 is 0.600 bits per heavy atom. The zero-order valence-corrected chi connectivity index (χ0v) is 20.5. The lowest BCUT2D eigenvalue weighted by Gasteiger charge is -2.26. The molecule has 4 aromatic carbocycles. The van der Waals surface area contributed by atoms with Gasteiger partial charge in [-0.3, -0.25) is 0 Å². The third-order valence-electron chi connectivity index (χ3n) is 5.86. The fraction of sp³-hybridized carbons (Fsp3) is 0.200. The van der Waals surface area contributed by atoms with Gasteiger partial charge in [-0.2, -0.15) is 0 Å². The summed E-state index contributed by atoms with van der Waals surface area (Å²) >= 11 is 0. The van der Waals surface area contributed by atoms with Gasteiger partial charge in [-0.1, -0.05) is 30.3 Å². The standard InChI is InChI=1S/C30H33N3O2/c1-4-34-28-19-17-26(18-20-28)32-24-13-9-22(10-14-24)30(3,31)23-11-15-25(16-12-23)33-27-7-6-8-29(21-27)35-5-2/h6-21,32-33H,4-5,31H2,1-3H3. The van der Waals surface area contributed by atoms with E-state index in [-0.39, 0.29) is 0 Å². The minimum absolute atomic E-state index is 0.620. The molecule has 35 heavy (non-hydrogen) atoms. The van der Waals surface area contributed by atoms with Crippen molar-refractivity contribution < 1.29 is 9.47 Å². The zero-order chi connectivity index (χ0) is 24.7. The van der Waals surface area contributed by atoms with Gasteiger partial charge in [0.05, 0.1) is 18.8 Å². The number of ether oxygens (including phenoxy) is 2. The molecule has 0 aliphatic carbocycles. The van der Waals surface area contributed by atoms with E-state index in [2.05, 4.69) is 59.2 Å². The van der Waals surface area contributed by atoms with Crippen LogP contribution in [0.15, 0.2) is 97.1 Å². The second kappa shape index (κ2) is 11.0. The number of hydrogen-bond donors (Lipinski definition) is 3. The molecule has 1 atom stereocenters. The van der Waals surface area contributed by atoms with E-state index < -0.39 is 5.54 Å². The summed E-state index contributed by atoms with van der Waals surface area (Å²) in [5.74, 6) is 1.72. The quantitative estimate of drug-likeness (QED) is 0.230. The Bertz CT molecular complexity index is 1220. The predicted octanol–water partition coefficient (Wildman–Crippen LogP) is 7.19. The lowest BCUT2D eigenvalue weighted by molar-refractivity contribution is 0.340. The summed E-state index contributed by atoms with van der Waals surface area (Å²) in [5, 5.41) is 6.85. The first-order valence-electron chi connectivity index (χ1n) is 12.0. The Morgan fingerprint density at radius 3 is 1.57 bits per heavy atom. The van der Waals surface area contributed by atoms with E-state index in [4.69, 9.17) is 15.2 Å². The molecular formula is C30H33N3O2. The van der Waals surface area contributed by atoms with Crippen LogP contribution in [0.2, 0.25) is 0 Å². The molecule has 5 heteroatoms. The Kier molecular flexibility index (Phi) is 7.58. The zero-order valence-electron chi connectivity index (χ0n) is 20.5. The van der Waals surface area contributed by atoms with Gasteiger partial charge >= 0.3 is 0 Å². The molecule has 4 aromatic rings. The van der Waals surface area contributed by atoms with Crippen LogP contribution >= 0.6 is 0 Å². The van der Waals surface area contributed by atoms with Crippen LogP contribution in [0.3, 0.4) is 0 Å². The van der Waals surface area contributed by atoms with Crippen LogP contribution in [0, 0.1) is 0 Å². The number of hydrogen-bond acceptors (Lipinski definition) is 5. The molecule has 0 saturated carbocycles. The monoisotopic (exact) mass is 467 g/mol. The van der Waals surface area contributed by atoms with Crippen LogP contribution in [0.1, 0.15) is 31.9 Å². The SMILES string of the molecule is CCOc1ccc(Nc2ccc(C(C)(N)c3ccc(Nc4cccc(OCC)c4)cc3)cc2)cc1. The van der Waals surface area contributed by atoms with E-state index in [0.29, 0.717) is 13.2 Å². The highest BCUT2D eigenvalue weighted by Gasteiger charge is 2.23. The molecule has 0 aliphatic heterocycles. The first-order chi connectivity index (χ1) is 17.0. The van der Waals surface area contributed by atoms with Gasteiger partial charge < -0.3 is 25.8 Å². The summed E-state index contributed by atoms with van der Waals surface area (Å²) in [4.78, 5) is 0. The molecule has 4 rings (SSSR count). The number of benzene rings is 4. The summed E-state index contributed by atoms with van der Waals surface area (Å²) in [5.41, 5.74) is 12.2. The largest absolute Gasteiger partial charge is 0.494 e. The van der Waals surface area contributed by atoms with Gasteiger partial charge in [-0.05, 0) is 92.6 Å². The molecule has 0 aromatic heterocycles. The highest BCUT2D eigenvalue weighted by molar-refractivity contribution is 5.63. The number of nitrogens with two attached hydrogens (primary N) is 1. The fourth-order valence-electron chi connectivity index (χ4n) is 3.93. The van der Waals surface area contributed by atoms with E-state index in [1.165, 1.54) is 0 Å². The summed E-state index contributed by atoms with van der Waals surface area (Å²) in [7, 11) is 0. The molecule has 0 saturated heterocycles. The van der Waals surface area contributed by atoms with Crippen LogP contribution in [0.25, 0.3) is 0 Å². The smallest absolute Gasteiger partial charge is 0.121 e. The van der Waals surface area contributed by atoms with Crippen molar-refractivity contribution in [2.24, 2.45) is 5.73 Å². The van der Waals surface area contributed by atoms with Crippen molar-refractivity contribution in [3.8, 4) is 11.5 Å². The van der Waals surface area contributed by atoms with Crippen molar-refractivity contribution in [1.82, 2.24) is 0 Å². The Hall–Kier alpha value is -3.96. The average molecular weight is 468 g/mol. The molecule has 0 radical (unpaired) electrons. The van der Waals surface area contributed by atoms with Crippen molar-refractivity contribution >= 4 is 22.7 Å². The normalized spacial score (nSPS) is 12.5. The fourth-order valence-corrected chi connectivity index (χ4v) is 3.93. The Morgan fingerprint density at radius 2 is 1.06 bits per heavy atom. The van der Waals surface area contributed by atoms with Crippen molar-refractivity contribution in [3.63, 3.8) is 0 Å². The molecule has 180 valence electrons. The third-order valence-corrected chi connectivity index (χ3v) is 5.86. The maximum Gasteiger partial charge on any atom is 0.121 e. The minimum atomic E-state index is -0.620. The first kappa shape index (κ1) is 24.2. The summed E-state index contributed by atoms with van der Waals surface area (Å²) in [6.07, 6.45) is 0. The molecular weight excluding hydrogens is 434 g/mol. The van der Waals surface area contributed by atoms with Crippen LogP contribution in [-0.4, -0.2) is 13.2 Å². The van der Waals surface area contributed by atoms with E-state index in [9.17, 15) is 0 Å². The van der Waals surface area contributed by atoms with Gasteiger partial charge in [0, 0.05) is 28.8 Å². The number of anilines is 4. The van der Waals surface area contributed by atoms with Crippen molar-refractivity contribution in [2.45, 2.75) is 26.3 Å². The molecule has 0 bridgehead atoms. The van der Waals surface area contributed by atoms with Crippen LogP contribution < -0.4 is 25.8 Å². The van der Waals surface area contributed by atoms with Crippen LogP contribution in [-0.2, 0) is 5.54 Å². The van der Waals surface area contributed by atoms with E-state index in [1.807, 2.05) is 69.3 Å². The second-order valence-electron chi connectivity index (χ2n) is 8.53. The molecule has 0 amide bonds. The molecule has 1 unspecified atom stereocenters. The molecule has 0 aliphatic rings. The highest BCUT2D eigenvalue weighted by atomic mass is 16.5. The summed E-state index contributed by atoms with van der Waals surface area (Å²) in [6.45, 7) is 7.30. The minimum Gasteiger partial charge on any atom is -0.494 e. The third kappa shape index (κ3) is 6.14. The van der Waals surface area contributed by atoms with Gasteiger partial charge in [0.25, 0.3) is 0 Å². The second-order valence-corrected chi connectivity index (χ2v) is 8.53. The lowest BCUT2D eigenvalue weighted by Crippen LogP contribution is -2.34. The summed E-state index contributed by atoms with van der Waals surface area (Å²) in [6, 6.07) is 32.4. The molecule has 0 spiro atoms. The maximum absolute atomic E-state index is 6.79. The first-order valence-corrected chi connectivity index (χ1v) is 12.0. The summed E-state index contributed by atoms with van der Waals surface area (Å²) < 4.78 is 11.1. The number of nitrogens with one attached hydrogen (secondary N) is 2. The topological polar surface area (TPSA) is 68.5 Å². The van der Waals surface area contributed by atoms with Gasteiger partial charge in [0.15, 0.2) is 0 Å². The van der Waals surface area contributed by atoms with Crippen molar-refractivity contribution in [2.75, 3.05) is 23.8 Å². The predicted molar refractivity (Wildman–Crippen MR) is 145 cm³/mol. The van der Waals surface area contributed by atoms with Gasteiger partial charge in [-0.15, -0.1) is 0 Å². The highest BCUT2D eigenvalue weighted by Crippen LogP contribution is 2.30. The van der Waals surface area contributed by atoms with Crippen LogP contribution in [0.4, 0.5) is 22.7 Å². The molecule has 0 fully saturated rings. The Balaban J connectivity index is 1.42. The lowest BCUT2D eigenvalue weighted by atomic mass is 9.85. The molecule has 4 N–H and O–H groups in total. The van der Waals surface area contributed by atoms with E-state index in [1.54, 1.807) is 0 Å². The Labute approximate surface area is 207 Å². The van der Waals surface area contributed by atoms with E-state index >= 15 is 0 Å².